The Hall–Kier alpha value is -2.91. The lowest BCUT2D eigenvalue weighted by molar-refractivity contribution is 0.0862. The quantitative estimate of drug-likeness (QED) is 0.607. The van der Waals surface area contributed by atoms with Crippen molar-refractivity contribution in [2.45, 2.75) is 20.0 Å². The second-order valence-electron chi connectivity index (χ2n) is 6.25. The summed E-state index contributed by atoms with van der Waals surface area (Å²) in [5.41, 5.74) is 0.700. The Bertz CT molecular complexity index is 1080. The summed E-state index contributed by atoms with van der Waals surface area (Å²) in [5.74, 6) is -1.36. The van der Waals surface area contributed by atoms with Gasteiger partial charge in [0.1, 0.15) is 24.4 Å². The summed E-state index contributed by atoms with van der Waals surface area (Å²) in [4.78, 5) is 12.6. The molecule has 1 N–H and O–H groups in total. The van der Waals surface area contributed by atoms with Crippen LogP contribution < -0.4 is 9.03 Å². The molecule has 3 aromatic rings. The van der Waals surface area contributed by atoms with Crippen LogP contribution >= 0.6 is 0 Å². The van der Waals surface area contributed by atoms with Crippen molar-refractivity contribution in [2.24, 2.45) is 0 Å². The predicted molar refractivity (Wildman–Crippen MR) is 103 cm³/mol. The molecule has 0 saturated heterocycles. The zero-order valence-corrected chi connectivity index (χ0v) is 16.1. The molecule has 148 valence electrons. The van der Waals surface area contributed by atoms with Crippen molar-refractivity contribution in [1.82, 2.24) is 4.72 Å². The Morgan fingerprint density at radius 2 is 1.86 bits per heavy atom. The molecule has 3 rings (SSSR count). The number of rotatable bonds is 7. The van der Waals surface area contributed by atoms with Gasteiger partial charge in [0.2, 0.25) is 0 Å². The van der Waals surface area contributed by atoms with Gasteiger partial charge in [0.05, 0.1) is 17.4 Å². The molecule has 0 atom stereocenters. The van der Waals surface area contributed by atoms with Gasteiger partial charge in [-0.25, -0.2) is 13.4 Å². The standard InChI is InChI=1S/C19H19FN2O5S/c1-13(2)27-12-22(15-9-7-14(20)8-10-15)28(24,25)21-19(23)17-11-26-18-6-4-3-5-16(17)18/h3-11,13H,12H2,1-2H3,(H,21,23). The topological polar surface area (TPSA) is 88.9 Å². The summed E-state index contributed by atoms with van der Waals surface area (Å²) in [6.07, 6.45) is 0.939. The minimum atomic E-state index is -4.33. The molecule has 0 aliphatic heterocycles. The summed E-state index contributed by atoms with van der Waals surface area (Å²) >= 11 is 0. The zero-order valence-electron chi connectivity index (χ0n) is 15.3. The Morgan fingerprint density at radius 1 is 1.18 bits per heavy atom. The summed E-state index contributed by atoms with van der Waals surface area (Å²) in [6.45, 7) is 3.13. The molecule has 0 radical (unpaired) electrons. The molecule has 1 aromatic heterocycles. The number of nitrogens with zero attached hydrogens (tertiary/aromatic N) is 1. The number of fused-ring (bicyclic) bond motifs is 1. The fourth-order valence-corrected chi connectivity index (χ4v) is 3.54. The first-order valence-corrected chi connectivity index (χ1v) is 9.90. The Balaban J connectivity index is 1.89. The number of carbonyl (C=O) groups excluding carboxylic acids is 1. The third kappa shape index (κ3) is 4.32. The fraction of sp³-hybridized carbons (Fsp3) is 0.211. The van der Waals surface area contributed by atoms with Gasteiger partial charge in [0.15, 0.2) is 0 Å². The van der Waals surface area contributed by atoms with Crippen molar-refractivity contribution < 1.29 is 26.8 Å². The molecule has 28 heavy (non-hydrogen) atoms. The van der Waals surface area contributed by atoms with Gasteiger partial charge in [-0.05, 0) is 44.2 Å². The average molecular weight is 406 g/mol. The lowest BCUT2D eigenvalue weighted by Crippen LogP contribution is -2.45. The lowest BCUT2D eigenvalue weighted by atomic mass is 10.2. The molecule has 0 spiro atoms. The highest BCUT2D eigenvalue weighted by molar-refractivity contribution is 7.91. The molecule has 1 heterocycles. The predicted octanol–water partition coefficient (Wildman–Crippen LogP) is 3.44. The van der Waals surface area contributed by atoms with E-state index in [0.29, 0.717) is 11.0 Å². The summed E-state index contributed by atoms with van der Waals surface area (Å²) < 4.78 is 52.5. The highest BCUT2D eigenvalue weighted by Crippen LogP contribution is 2.22. The first-order valence-electron chi connectivity index (χ1n) is 8.46. The molecule has 0 bridgehead atoms. The molecule has 0 aliphatic rings. The smallest absolute Gasteiger partial charge is 0.328 e. The molecule has 7 nitrogen and oxygen atoms in total. The Morgan fingerprint density at radius 3 is 2.54 bits per heavy atom. The van der Waals surface area contributed by atoms with Crippen LogP contribution in [0.4, 0.5) is 10.1 Å². The second-order valence-corrected chi connectivity index (χ2v) is 7.85. The number of nitrogens with one attached hydrogen (secondary N) is 1. The van der Waals surface area contributed by atoms with Crippen LogP contribution in [0.2, 0.25) is 0 Å². The molecular formula is C19H19FN2O5S. The summed E-state index contributed by atoms with van der Waals surface area (Å²) in [6, 6.07) is 11.6. The van der Waals surface area contributed by atoms with E-state index in [1.54, 1.807) is 38.1 Å². The van der Waals surface area contributed by atoms with Gasteiger partial charge in [0, 0.05) is 5.39 Å². The van der Waals surface area contributed by atoms with Crippen molar-refractivity contribution in [3.05, 3.63) is 66.2 Å². The van der Waals surface area contributed by atoms with Crippen molar-refractivity contribution in [3.63, 3.8) is 0 Å². The van der Waals surface area contributed by atoms with E-state index in [-0.39, 0.29) is 24.1 Å². The van der Waals surface area contributed by atoms with Crippen LogP contribution in [0.25, 0.3) is 11.0 Å². The maximum Gasteiger partial charge on any atom is 0.328 e. The number of hydrogen-bond acceptors (Lipinski definition) is 5. The van der Waals surface area contributed by atoms with E-state index in [4.69, 9.17) is 9.15 Å². The largest absolute Gasteiger partial charge is 0.463 e. The van der Waals surface area contributed by atoms with Crippen molar-refractivity contribution in [3.8, 4) is 0 Å². The molecule has 0 aliphatic carbocycles. The van der Waals surface area contributed by atoms with Crippen LogP contribution in [-0.4, -0.2) is 27.2 Å². The number of ether oxygens (including phenoxy) is 1. The minimum absolute atomic E-state index is 0.0861. The van der Waals surface area contributed by atoms with Crippen molar-refractivity contribution >= 4 is 32.8 Å². The maximum atomic E-state index is 13.2. The van der Waals surface area contributed by atoms with Crippen LogP contribution in [-0.2, 0) is 14.9 Å². The van der Waals surface area contributed by atoms with Gasteiger partial charge in [-0.2, -0.15) is 8.42 Å². The van der Waals surface area contributed by atoms with E-state index in [9.17, 15) is 17.6 Å². The molecule has 0 unspecified atom stereocenters. The number of amides is 1. The molecule has 2 aromatic carbocycles. The number of carbonyl (C=O) groups is 1. The number of anilines is 1. The Kier molecular flexibility index (Phi) is 5.66. The first kappa shape index (κ1) is 19.8. The van der Waals surface area contributed by atoms with Crippen LogP contribution in [0.15, 0.2) is 59.2 Å². The molecule has 9 heteroatoms. The molecule has 0 saturated carbocycles. The van der Waals surface area contributed by atoms with E-state index in [2.05, 4.69) is 0 Å². The van der Waals surface area contributed by atoms with Gasteiger partial charge in [-0.15, -0.1) is 0 Å². The molecular weight excluding hydrogens is 387 g/mol. The van der Waals surface area contributed by atoms with Crippen LogP contribution in [0, 0.1) is 5.82 Å². The average Bonchev–Trinajstić information content (AvgIpc) is 3.07. The summed E-state index contributed by atoms with van der Waals surface area (Å²) in [7, 11) is -4.33. The van der Waals surface area contributed by atoms with Gasteiger partial charge in [-0.3, -0.25) is 4.79 Å². The van der Waals surface area contributed by atoms with Crippen LogP contribution in [0.5, 0.6) is 0 Å². The third-order valence-corrected chi connectivity index (χ3v) is 5.22. The highest BCUT2D eigenvalue weighted by atomic mass is 32.2. The zero-order chi connectivity index (χ0) is 20.3. The summed E-state index contributed by atoms with van der Waals surface area (Å²) in [5, 5.41) is 0.488. The van der Waals surface area contributed by atoms with E-state index in [0.717, 1.165) is 16.4 Å². The van der Waals surface area contributed by atoms with Gasteiger partial charge < -0.3 is 9.15 Å². The number of furan rings is 1. The monoisotopic (exact) mass is 406 g/mol. The normalized spacial score (nSPS) is 11.7. The lowest BCUT2D eigenvalue weighted by Gasteiger charge is -2.25. The highest BCUT2D eigenvalue weighted by Gasteiger charge is 2.27. The molecule has 1 amide bonds. The fourth-order valence-electron chi connectivity index (χ4n) is 2.49. The van der Waals surface area contributed by atoms with Gasteiger partial charge in [-0.1, -0.05) is 18.2 Å². The first-order chi connectivity index (χ1) is 13.3. The maximum absolute atomic E-state index is 13.2. The van der Waals surface area contributed by atoms with Gasteiger partial charge in [0.25, 0.3) is 5.91 Å². The van der Waals surface area contributed by atoms with E-state index < -0.39 is 21.9 Å². The number of benzene rings is 2. The van der Waals surface area contributed by atoms with Crippen molar-refractivity contribution in [1.29, 1.82) is 0 Å². The van der Waals surface area contributed by atoms with Crippen LogP contribution in [0.1, 0.15) is 24.2 Å². The van der Waals surface area contributed by atoms with Gasteiger partial charge >= 0.3 is 10.2 Å². The number of hydrogen-bond donors (Lipinski definition) is 1. The van der Waals surface area contributed by atoms with E-state index in [1.165, 1.54) is 18.4 Å². The SMILES string of the molecule is CC(C)OCN(c1ccc(F)cc1)S(=O)(=O)NC(=O)c1coc2ccccc12. The minimum Gasteiger partial charge on any atom is -0.463 e. The number of halogens is 1. The second kappa shape index (κ2) is 7.99. The van der Waals surface area contributed by atoms with E-state index >= 15 is 0 Å². The Labute approximate surface area is 161 Å². The van der Waals surface area contributed by atoms with E-state index in [1.807, 2.05) is 4.72 Å². The third-order valence-electron chi connectivity index (χ3n) is 3.88. The number of para-hydroxylation sites is 1. The van der Waals surface area contributed by atoms with Crippen molar-refractivity contribution in [2.75, 3.05) is 11.0 Å². The molecule has 0 fully saturated rings. The van der Waals surface area contributed by atoms with Crippen LogP contribution in [0.3, 0.4) is 0 Å².